The number of rotatable bonds is 3. The molecule has 1 aromatic heterocycles. The largest absolute Gasteiger partial charge is 0.381 e. The Labute approximate surface area is 102 Å². The highest BCUT2D eigenvalue weighted by Gasteiger charge is 2.43. The molecular weight excluding hydrogens is 214 g/mol. The van der Waals surface area contributed by atoms with Crippen LogP contribution in [-0.2, 0) is 11.3 Å². The number of imidazole rings is 1. The van der Waals surface area contributed by atoms with Gasteiger partial charge in [0.2, 0.25) is 0 Å². The lowest BCUT2D eigenvalue weighted by Crippen LogP contribution is -2.44. The summed E-state index contributed by atoms with van der Waals surface area (Å²) < 4.78 is 5.51. The number of nitrogens with zero attached hydrogens (tertiary/aromatic N) is 1. The molecule has 2 aliphatic rings. The molecule has 1 saturated carbocycles. The van der Waals surface area contributed by atoms with Crippen molar-refractivity contribution in [3.63, 3.8) is 0 Å². The number of H-pyrrole nitrogens is 1. The fourth-order valence-electron chi connectivity index (χ4n) is 3.45. The average Bonchev–Trinajstić information content (AvgIpc) is 2.98. The zero-order chi connectivity index (χ0) is 11.6. The molecule has 0 bridgehead atoms. The molecule has 2 heterocycles. The summed E-state index contributed by atoms with van der Waals surface area (Å²) in [6.45, 7) is 2.75. The maximum Gasteiger partial charge on any atom is 0.120 e. The highest BCUT2D eigenvalue weighted by Crippen LogP contribution is 2.45. The highest BCUT2D eigenvalue weighted by atomic mass is 16.5. The van der Waals surface area contributed by atoms with Crippen LogP contribution in [0.1, 0.15) is 37.9 Å². The van der Waals surface area contributed by atoms with Crippen LogP contribution in [0.5, 0.6) is 0 Å². The molecule has 1 atom stereocenters. The van der Waals surface area contributed by atoms with Crippen molar-refractivity contribution in [3.05, 3.63) is 18.2 Å². The van der Waals surface area contributed by atoms with Crippen LogP contribution in [-0.4, -0.2) is 29.2 Å². The summed E-state index contributed by atoms with van der Waals surface area (Å²) in [6, 6.07) is 0.650. The standard InChI is InChI=1S/C13H21N3O/c1-2-11(16-10-12-14-6-7-15-12)13(3-1)4-8-17-9-5-13/h6-7,11,16H,1-5,8-10H2,(H,14,15). The number of ether oxygens (including phenoxy) is 1. The van der Waals surface area contributed by atoms with Crippen LogP contribution in [0.4, 0.5) is 0 Å². The average molecular weight is 235 g/mol. The number of hydrogen-bond acceptors (Lipinski definition) is 3. The summed E-state index contributed by atoms with van der Waals surface area (Å²) >= 11 is 0. The molecule has 4 heteroatoms. The third kappa shape index (κ3) is 2.24. The highest BCUT2D eigenvalue weighted by molar-refractivity contribution is 4.98. The van der Waals surface area contributed by atoms with Crippen molar-refractivity contribution < 1.29 is 4.74 Å². The molecule has 94 valence electrons. The molecule has 1 aliphatic heterocycles. The Morgan fingerprint density at radius 1 is 1.41 bits per heavy atom. The van der Waals surface area contributed by atoms with Gasteiger partial charge in [-0.25, -0.2) is 4.98 Å². The van der Waals surface area contributed by atoms with Gasteiger partial charge in [0.25, 0.3) is 0 Å². The number of hydrogen-bond donors (Lipinski definition) is 2. The van der Waals surface area contributed by atoms with Gasteiger partial charge in [0.05, 0.1) is 6.54 Å². The van der Waals surface area contributed by atoms with E-state index in [4.69, 9.17) is 4.74 Å². The van der Waals surface area contributed by atoms with Gasteiger partial charge in [0.1, 0.15) is 5.82 Å². The zero-order valence-corrected chi connectivity index (χ0v) is 10.2. The molecule has 3 rings (SSSR count). The summed E-state index contributed by atoms with van der Waals surface area (Å²) in [5.41, 5.74) is 0.505. The fraction of sp³-hybridized carbons (Fsp3) is 0.769. The second-order valence-corrected chi connectivity index (χ2v) is 5.34. The Morgan fingerprint density at radius 3 is 3.06 bits per heavy atom. The van der Waals surface area contributed by atoms with Crippen LogP contribution >= 0.6 is 0 Å². The maximum atomic E-state index is 5.51. The molecule has 1 saturated heterocycles. The van der Waals surface area contributed by atoms with E-state index in [1.54, 1.807) is 0 Å². The van der Waals surface area contributed by atoms with Crippen LogP contribution in [0.25, 0.3) is 0 Å². The van der Waals surface area contributed by atoms with Gasteiger partial charge in [-0.15, -0.1) is 0 Å². The molecule has 0 radical (unpaired) electrons. The molecule has 17 heavy (non-hydrogen) atoms. The molecule has 4 nitrogen and oxygen atoms in total. The molecule has 2 N–H and O–H groups in total. The van der Waals surface area contributed by atoms with E-state index in [0.29, 0.717) is 11.5 Å². The summed E-state index contributed by atoms with van der Waals surface area (Å²) in [5, 5.41) is 3.70. The van der Waals surface area contributed by atoms with Crippen molar-refractivity contribution in [2.45, 2.75) is 44.7 Å². The van der Waals surface area contributed by atoms with Crippen LogP contribution in [0.2, 0.25) is 0 Å². The van der Waals surface area contributed by atoms with E-state index >= 15 is 0 Å². The van der Waals surface area contributed by atoms with Crippen LogP contribution in [0, 0.1) is 5.41 Å². The lowest BCUT2D eigenvalue weighted by Gasteiger charge is -2.39. The first-order chi connectivity index (χ1) is 8.39. The molecule has 2 fully saturated rings. The van der Waals surface area contributed by atoms with E-state index in [2.05, 4.69) is 15.3 Å². The summed E-state index contributed by atoms with van der Waals surface area (Å²) in [7, 11) is 0. The molecule has 1 unspecified atom stereocenters. The molecule has 1 spiro atoms. The van der Waals surface area contributed by atoms with E-state index < -0.39 is 0 Å². The van der Waals surface area contributed by atoms with Crippen molar-refractivity contribution in [2.24, 2.45) is 5.41 Å². The SMILES string of the molecule is c1c[nH]c(CNC2CCCC23CCOCC3)n1. The third-order valence-electron chi connectivity index (χ3n) is 4.47. The normalized spacial score (nSPS) is 27.6. The predicted molar refractivity (Wildman–Crippen MR) is 65.6 cm³/mol. The van der Waals surface area contributed by atoms with Crippen molar-refractivity contribution in [1.29, 1.82) is 0 Å². The van der Waals surface area contributed by atoms with Crippen LogP contribution in [0.3, 0.4) is 0 Å². The van der Waals surface area contributed by atoms with Gasteiger partial charge < -0.3 is 15.0 Å². The van der Waals surface area contributed by atoms with Gasteiger partial charge in [0, 0.05) is 31.6 Å². The molecular formula is C13H21N3O. The molecule has 1 aliphatic carbocycles. The summed E-state index contributed by atoms with van der Waals surface area (Å²) in [6.07, 6.45) is 10.2. The predicted octanol–water partition coefficient (Wildman–Crippen LogP) is 1.85. The van der Waals surface area contributed by atoms with E-state index in [-0.39, 0.29) is 0 Å². The van der Waals surface area contributed by atoms with Crippen molar-refractivity contribution in [1.82, 2.24) is 15.3 Å². The Balaban J connectivity index is 1.61. The fourth-order valence-corrected chi connectivity index (χ4v) is 3.45. The Morgan fingerprint density at radius 2 is 2.29 bits per heavy atom. The number of nitrogens with one attached hydrogen (secondary N) is 2. The van der Waals surface area contributed by atoms with Gasteiger partial charge in [0.15, 0.2) is 0 Å². The minimum Gasteiger partial charge on any atom is -0.381 e. The second kappa shape index (κ2) is 4.78. The Kier molecular flexibility index (Phi) is 3.16. The molecule has 0 aromatic carbocycles. The first kappa shape index (κ1) is 11.2. The summed E-state index contributed by atoms with van der Waals surface area (Å²) in [5.74, 6) is 1.04. The minimum absolute atomic E-state index is 0.505. The van der Waals surface area contributed by atoms with Gasteiger partial charge in [-0.2, -0.15) is 0 Å². The smallest absolute Gasteiger partial charge is 0.120 e. The Bertz CT molecular complexity index is 344. The van der Waals surface area contributed by atoms with E-state index in [9.17, 15) is 0 Å². The minimum atomic E-state index is 0.505. The Hall–Kier alpha value is -0.870. The lowest BCUT2D eigenvalue weighted by molar-refractivity contribution is 0.00406. The van der Waals surface area contributed by atoms with Gasteiger partial charge in [-0.1, -0.05) is 6.42 Å². The van der Waals surface area contributed by atoms with E-state index in [0.717, 1.165) is 25.6 Å². The topological polar surface area (TPSA) is 49.9 Å². The number of aromatic nitrogens is 2. The first-order valence-corrected chi connectivity index (χ1v) is 6.68. The quantitative estimate of drug-likeness (QED) is 0.840. The number of aromatic amines is 1. The van der Waals surface area contributed by atoms with Crippen molar-refractivity contribution >= 4 is 0 Å². The molecule has 1 aromatic rings. The monoisotopic (exact) mass is 235 g/mol. The van der Waals surface area contributed by atoms with Crippen LogP contribution < -0.4 is 5.32 Å². The van der Waals surface area contributed by atoms with Crippen LogP contribution in [0.15, 0.2) is 12.4 Å². The molecule has 0 amide bonds. The van der Waals surface area contributed by atoms with Gasteiger partial charge >= 0.3 is 0 Å². The van der Waals surface area contributed by atoms with Crippen molar-refractivity contribution in [2.75, 3.05) is 13.2 Å². The van der Waals surface area contributed by atoms with Crippen molar-refractivity contribution in [3.8, 4) is 0 Å². The second-order valence-electron chi connectivity index (χ2n) is 5.34. The third-order valence-corrected chi connectivity index (χ3v) is 4.47. The van der Waals surface area contributed by atoms with Gasteiger partial charge in [-0.05, 0) is 31.1 Å². The van der Waals surface area contributed by atoms with E-state index in [1.807, 2.05) is 12.4 Å². The first-order valence-electron chi connectivity index (χ1n) is 6.68. The van der Waals surface area contributed by atoms with Gasteiger partial charge in [-0.3, -0.25) is 0 Å². The summed E-state index contributed by atoms with van der Waals surface area (Å²) in [4.78, 5) is 7.42. The maximum absolute atomic E-state index is 5.51. The van der Waals surface area contributed by atoms with E-state index in [1.165, 1.54) is 32.1 Å². The zero-order valence-electron chi connectivity index (χ0n) is 10.2. The lowest BCUT2D eigenvalue weighted by atomic mass is 9.75.